The van der Waals surface area contributed by atoms with E-state index in [1.165, 1.54) is 19.3 Å². The Morgan fingerprint density at radius 3 is 2.33 bits per heavy atom. The van der Waals surface area contributed by atoms with E-state index < -0.39 is 40.4 Å². The van der Waals surface area contributed by atoms with Crippen molar-refractivity contribution in [2.75, 3.05) is 18.5 Å². The number of likely N-dealkylation sites (N-methyl/N-ethyl adjacent to an activating group) is 1. The summed E-state index contributed by atoms with van der Waals surface area (Å²) in [6.07, 6.45) is 2.49. The maximum Gasteiger partial charge on any atom is 0.332 e. The zero-order valence-corrected chi connectivity index (χ0v) is 20.5. The zero-order chi connectivity index (χ0) is 26.7. The van der Waals surface area contributed by atoms with Crippen molar-refractivity contribution in [3.8, 4) is 11.8 Å². The smallest absolute Gasteiger partial charge is 0.332 e. The molecule has 1 atom stereocenters. The molecule has 1 fully saturated rings. The number of aliphatic hydroxyl groups is 1. The molecular weight excluding hydrogens is 466 g/mol. The van der Waals surface area contributed by atoms with Crippen LogP contribution in [0.25, 0.3) is 0 Å². The lowest BCUT2D eigenvalue weighted by Gasteiger charge is -2.45. The molecule has 0 spiro atoms. The van der Waals surface area contributed by atoms with Gasteiger partial charge in [0.05, 0.1) is 24.1 Å². The van der Waals surface area contributed by atoms with Crippen LogP contribution in [0.5, 0.6) is 0 Å². The largest absolute Gasteiger partial charge is 0.400 e. The van der Waals surface area contributed by atoms with Crippen LogP contribution >= 0.6 is 0 Å². The van der Waals surface area contributed by atoms with Crippen LogP contribution in [0, 0.1) is 23.5 Å². The molecule has 0 aliphatic carbocycles. The molecule has 1 aliphatic rings. The Hall–Kier alpha value is -4.03. The average Bonchev–Trinajstić information content (AvgIpc) is 2.80. The van der Waals surface area contributed by atoms with Gasteiger partial charge in [-0.25, -0.2) is 18.5 Å². The van der Waals surface area contributed by atoms with E-state index in [1.54, 1.807) is 45.0 Å². The quantitative estimate of drug-likeness (QED) is 0.490. The monoisotopic (exact) mass is 494 g/mol. The summed E-state index contributed by atoms with van der Waals surface area (Å²) in [4.78, 5) is 31.8. The predicted octanol–water partition coefficient (Wildman–Crippen LogP) is 3.60. The Labute approximate surface area is 208 Å². The first-order chi connectivity index (χ1) is 16.8. The van der Waals surface area contributed by atoms with Crippen molar-refractivity contribution in [1.82, 2.24) is 4.90 Å². The number of carbonyl (C=O) groups excluding carboxylic acids is 2. The van der Waals surface area contributed by atoms with Gasteiger partial charge in [0.1, 0.15) is 5.69 Å². The lowest BCUT2D eigenvalue weighted by molar-refractivity contribution is -0.121. The molecule has 188 valence electrons. The highest BCUT2D eigenvalue weighted by atomic mass is 19.1. The second kappa shape index (κ2) is 10.3. The fraction of sp³-hybridized carbons (Fsp3) is 0.296. The van der Waals surface area contributed by atoms with Crippen LogP contribution in [-0.2, 0) is 4.79 Å². The summed E-state index contributed by atoms with van der Waals surface area (Å²) in [6, 6.07) is 9.94. The van der Waals surface area contributed by atoms with Crippen molar-refractivity contribution in [2.45, 2.75) is 38.3 Å². The number of imide groups is 1. The molecule has 0 bridgehead atoms. The Morgan fingerprint density at radius 1 is 1.17 bits per heavy atom. The van der Waals surface area contributed by atoms with Crippen LogP contribution < -0.4 is 10.6 Å². The number of amides is 3. The minimum Gasteiger partial charge on any atom is -0.400 e. The van der Waals surface area contributed by atoms with Gasteiger partial charge in [-0.15, -0.1) is 0 Å². The Morgan fingerprint density at radius 2 is 1.75 bits per heavy atom. The van der Waals surface area contributed by atoms with Crippen molar-refractivity contribution in [3.05, 3.63) is 77.0 Å². The zero-order valence-electron chi connectivity index (χ0n) is 20.5. The van der Waals surface area contributed by atoms with Crippen LogP contribution in [-0.4, -0.2) is 52.9 Å². The van der Waals surface area contributed by atoms with E-state index in [2.05, 4.69) is 16.8 Å². The molecule has 36 heavy (non-hydrogen) atoms. The van der Waals surface area contributed by atoms with E-state index in [-0.39, 0.29) is 24.2 Å². The number of hydrogen-bond donors (Lipinski definition) is 2. The number of hydrogen-bond acceptors (Lipinski definition) is 5. The molecule has 7 nitrogen and oxygen atoms in total. The highest BCUT2D eigenvalue weighted by Gasteiger charge is 2.48. The third kappa shape index (κ3) is 5.78. The number of carbonyl (C=O) groups is 2. The number of nitrogens with two attached hydrogens (primary N) is 1. The fourth-order valence-electron chi connectivity index (χ4n) is 3.58. The summed E-state index contributed by atoms with van der Waals surface area (Å²) in [6.45, 7) is 4.89. The number of urea groups is 1. The van der Waals surface area contributed by atoms with Crippen molar-refractivity contribution in [3.63, 3.8) is 0 Å². The van der Waals surface area contributed by atoms with E-state index in [9.17, 15) is 14.7 Å². The minimum absolute atomic E-state index is 0.0604. The van der Waals surface area contributed by atoms with Gasteiger partial charge in [-0.2, -0.15) is 0 Å². The number of allylic oxidation sites excluding steroid dienone is 1. The van der Waals surface area contributed by atoms with Crippen molar-refractivity contribution in [1.29, 1.82) is 0 Å². The number of rotatable bonds is 5. The summed E-state index contributed by atoms with van der Waals surface area (Å²) in [5, 5.41) is 9.74. The highest BCUT2D eigenvalue weighted by molar-refractivity contribution is 6.17. The summed E-state index contributed by atoms with van der Waals surface area (Å²) in [5.41, 5.74) is 4.03. The molecule has 0 saturated carbocycles. The highest BCUT2D eigenvalue weighted by Crippen LogP contribution is 2.35. The molecule has 0 aromatic heterocycles. The number of anilines is 1. The third-order valence-corrected chi connectivity index (χ3v) is 5.79. The van der Waals surface area contributed by atoms with E-state index in [0.717, 1.165) is 17.0 Å². The second-order valence-electron chi connectivity index (χ2n) is 9.35. The fourth-order valence-corrected chi connectivity index (χ4v) is 3.58. The molecule has 0 unspecified atom stereocenters. The lowest BCUT2D eigenvalue weighted by Crippen LogP contribution is -2.63. The summed E-state index contributed by atoms with van der Waals surface area (Å²) >= 11 is 0. The first-order valence-electron chi connectivity index (χ1n) is 11.2. The molecular formula is C27H28F2N4O3. The van der Waals surface area contributed by atoms with Gasteiger partial charge >= 0.3 is 6.03 Å². The van der Waals surface area contributed by atoms with Crippen LogP contribution in [0.4, 0.5) is 19.3 Å². The topological polar surface area (TPSA) is 99.2 Å². The Balaban J connectivity index is 1.87. The van der Waals surface area contributed by atoms with Crippen LogP contribution in [0.15, 0.2) is 59.2 Å². The SMILES string of the molecule is CN1C(=O)N(c2c(F)cc(C#Cc3ccccc3)cc2F)C(=O)C[C@@]1(C)C(N)=CC=NCC(C)(C)O. The number of halogens is 2. The maximum absolute atomic E-state index is 15.0. The summed E-state index contributed by atoms with van der Waals surface area (Å²) < 4.78 is 30.0. The van der Waals surface area contributed by atoms with Crippen molar-refractivity contribution >= 4 is 23.8 Å². The normalized spacial score (nSPS) is 19.0. The molecule has 3 rings (SSSR count). The first-order valence-corrected chi connectivity index (χ1v) is 11.2. The van der Waals surface area contributed by atoms with Crippen LogP contribution in [0.3, 0.4) is 0 Å². The lowest BCUT2D eigenvalue weighted by atomic mass is 9.88. The van der Waals surface area contributed by atoms with Crippen molar-refractivity contribution in [2.24, 2.45) is 10.7 Å². The van der Waals surface area contributed by atoms with Gasteiger partial charge in [0.25, 0.3) is 0 Å². The molecule has 1 heterocycles. The van der Waals surface area contributed by atoms with E-state index in [0.29, 0.717) is 10.5 Å². The molecule has 3 N–H and O–H groups in total. The van der Waals surface area contributed by atoms with E-state index in [1.807, 2.05) is 6.07 Å². The van der Waals surface area contributed by atoms with Gasteiger partial charge in [0, 0.05) is 30.1 Å². The minimum atomic E-state index is -1.25. The summed E-state index contributed by atoms with van der Waals surface area (Å²) in [5.74, 6) is 2.50. The van der Waals surface area contributed by atoms with Crippen molar-refractivity contribution < 1.29 is 23.5 Å². The van der Waals surface area contributed by atoms with Gasteiger partial charge in [0.15, 0.2) is 11.6 Å². The standard InChI is InChI=1S/C27H28F2N4O3/c1-26(2,36)17-31-13-12-22(30)27(3)16-23(34)33(25(35)32(27)4)24-20(28)14-19(15-21(24)29)11-10-18-8-6-5-7-9-18/h5-9,12-15,36H,16-17,30H2,1-4H3/t27-/m0/s1. The second-order valence-corrected chi connectivity index (χ2v) is 9.35. The predicted molar refractivity (Wildman–Crippen MR) is 134 cm³/mol. The van der Waals surface area contributed by atoms with Crippen LogP contribution in [0.1, 0.15) is 38.3 Å². The first kappa shape index (κ1) is 26.6. The van der Waals surface area contributed by atoms with Gasteiger partial charge < -0.3 is 15.7 Å². The molecule has 3 amide bonds. The number of benzene rings is 2. The van der Waals surface area contributed by atoms with Gasteiger partial charge in [0.2, 0.25) is 5.91 Å². The Bertz CT molecular complexity index is 1270. The average molecular weight is 495 g/mol. The van der Waals surface area contributed by atoms with Gasteiger partial charge in [-0.1, -0.05) is 30.0 Å². The van der Waals surface area contributed by atoms with E-state index >= 15 is 8.78 Å². The van der Waals surface area contributed by atoms with Gasteiger partial charge in [-0.05, 0) is 51.1 Å². The van der Waals surface area contributed by atoms with Crippen LogP contribution in [0.2, 0.25) is 0 Å². The number of nitrogens with zero attached hydrogens (tertiary/aromatic N) is 3. The Kier molecular flexibility index (Phi) is 7.60. The van der Waals surface area contributed by atoms with E-state index in [4.69, 9.17) is 5.73 Å². The molecule has 2 aromatic rings. The molecule has 2 aromatic carbocycles. The molecule has 1 aliphatic heterocycles. The molecule has 1 saturated heterocycles. The van der Waals surface area contributed by atoms with Gasteiger partial charge in [-0.3, -0.25) is 9.79 Å². The summed E-state index contributed by atoms with van der Waals surface area (Å²) in [7, 11) is 1.39. The molecule has 9 heteroatoms. The third-order valence-electron chi connectivity index (χ3n) is 5.79. The molecule has 0 radical (unpaired) electrons. The number of aliphatic imine (C=N–C) groups is 1. The maximum atomic E-state index is 15.0.